The number of aromatic nitrogens is 4. The van der Waals surface area contributed by atoms with Gasteiger partial charge in [-0.15, -0.1) is 0 Å². The molecule has 0 aliphatic carbocycles. The van der Waals surface area contributed by atoms with E-state index in [4.69, 9.17) is 0 Å². The predicted molar refractivity (Wildman–Crippen MR) is 94.1 cm³/mol. The maximum absolute atomic E-state index is 12.2. The number of rotatable bonds is 5. The number of aryl methyl sites for hydroxylation is 2. The van der Waals surface area contributed by atoms with Crippen LogP contribution in [0.2, 0.25) is 0 Å². The molecule has 1 amide bonds. The number of non-ortho nitro benzene ring substituents is 1. The zero-order chi connectivity index (χ0) is 18.7. The van der Waals surface area contributed by atoms with Gasteiger partial charge in [-0.25, -0.2) is 14.6 Å². The fourth-order valence-corrected chi connectivity index (χ4v) is 2.50. The molecule has 1 aromatic carbocycles. The second-order valence-electron chi connectivity index (χ2n) is 5.75. The van der Waals surface area contributed by atoms with Gasteiger partial charge in [-0.1, -0.05) is 12.1 Å². The second-order valence-corrected chi connectivity index (χ2v) is 5.75. The molecule has 26 heavy (non-hydrogen) atoms. The summed E-state index contributed by atoms with van der Waals surface area (Å²) in [7, 11) is 0. The zero-order valence-corrected chi connectivity index (χ0v) is 14.2. The van der Waals surface area contributed by atoms with E-state index >= 15 is 0 Å². The first-order chi connectivity index (χ1) is 12.4. The Bertz CT molecular complexity index is 965. The Hall–Kier alpha value is -3.62. The predicted octanol–water partition coefficient (Wildman–Crippen LogP) is 2.37. The molecule has 132 valence electrons. The normalized spacial score (nSPS) is 10.5. The van der Waals surface area contributed by atoms with E-state index < -0.39 is 4.92 Å². The van der Waals surface area contributed by atoms with E-state index in [1.54, 1.807) is 22.9 Å². The summed E-state index contributed by atoms with van der Waals surface area (Å²) in [6.07, 6.45) is 1.44. The Kier molecular flexibility index (Phi) is 4.70. The van der Waals surface area contributed by atoms with Crippen LogP contribution < -0.4 is 5.32 Å². The molecule has 0 aliphatic rings. The second kappa shape index (κ2) is 7.09. The molecule has 0 atom stereocenters. The van der Waals surface area contributed by atoms with Crippen LogP contribution >= 0.6 is 0 Å². The van der Waals surface area contributed by atoms with Crippen LogP contribution in [0.3, 0.4) is 0 Å². The molecule has 0 radical (unpaired) electrons. The van der Waals surface area contributed by atoms with Crippen LogP contribution in [-0.2, 0) is 11.2 Å². The fraction of sp³-hybridized carbons (Fsp3) is 0.176. The summed E-state index contributed by atoms with van der Waals surface area (Å²) in [5.41, 5.74) is 2.44. The number of nitrogens with one attached hydrogen (secondary N) is 1. The van der Waals surface area contributed by atoms with E-state index in [2.05, 4.69) is 20.4 Å². The van der Waals surface area contributed by atoms with Gasteiger partial charge in [-0.05, 0) is 25.5 Å². The lowest BCUT2D eigenvalue weighted by atomic mass is 10.1. The van der Waals surface area contributed by atoms with Gasteiger partial charge in [0.2, 0.25) is 5.91 Å². The van der Waals surface area contributed by atoms with Crippen molar-refractivity contribution >= 4 is 17.4 Å². The molecule has 1 N–H and O–H groups in total. The molecule has 9 nitrogen and oxygen atoms in total. The van der Waals surface area contributed by atoms with Gasteiger partial charge in [0, 0.05) is 23.9 Å². The number of hydrogen-bond acceptors (Lipinski definition) is 6. The smallest absolute Gasteiger partial charge is 0.269 e. The number of nitro groups is 1. The third kappa shape index (κ3) is 3.89. The first kappa shape index (κ1) is 17.2. The molecule has 0 saturated heterocycles. The number of nitro benzene ring substituents is 1. The lowest BCUT2D eigenvalue weighted by Crippen LogP contribution is -2.16. The Morgan fingerprint density at radius 1 is 1.19 bits per heavy atom. The van der Waals surface area contributed by atoms with Gasteiger partial charge in [-0.2, -0.15) is 5.10 Å². The highest BCUT2D eigenvalue weighted by Gasteiger charge is 2.10. The van der Waals surface area contributed by atoms with Crippen molar-refractivity contribution in [2.45, 2.75) is 20.3 Å². The maximum atomic E-state index is 12.2. The van der Waals surface area contributed by atoms with Gasteiger partial charge in [0.05, 0.1) is 17.0 Å². The van der Waals surface area contributed by atoms with Gasteiger partial charge in [0.25, 0.3) is 5.69 Å². The standard InChI is InChI=1S/C17H16N6O3/c1-11-7-12(2)22(21-11)16-9-15(18-10-19-16)20-17(24)8-13-3-5-14(6-4-13)23(25)26/h3-7,9-10H,8H2,1-2H3,(H,18,19,20,24). The van der Waals surface area contributed by atoms with Gasteiger partial charge >= 0.3 is 0 Å². The van der Waals surface area contributed by atoms with Crippen molar-refractivity contribution in [3.05, 3.63) is 69.8 Å². The molecule has 3 rings (SSSR count). The molecule has 0 fully saturated rings. The third-order valence-corrected chi connectivity index (χ3v) is 3.66. The number of nitrogens with zero attached hydrogens (tertiary/aromatic N) is 5. The van der Waals surface area contributed by atoms with Crippen molar-refractivity contribution < 1.29 is 9.72 Å². The molecule has 0 bridgehead atoms. The van der Waals surface area contributed by atoms with Crippen LogP contribution in [0.1, 0.15) is 17.0 Å². The summed E-state index contributed by atoms with van der Waals surface area (Å²) in [6, 6.07) is 9.41. The Morgan fingerprint density at radius 3 is 2.54 bits per heavy atom. The summed E-state index contributed by atoms with van der Waals surface area (Å²) >= 11 is 0. The summed E-state index contributed by atoms with van der Waals surface area (Å²) in [5.74, 6) is 0.627. The first-order valence-electron chi connectivity index (χ1n) is 7.81. The highest BCUT2D eigenvalue weighted by Crippen LogP contribution is 2.14. The quantitative estimate of drug-likeness (QED) is 0.557. The molecule has 2 aromatic heterocycles. The molecule has 0 unspecified atom stereocenters. The van der Waals surface area contributed by atoms with Gasteiger partial charge < -0.3 is 5.32 Å². The Labute approximate surface area is 148 Å². The van der Waals surface area contributed by atoms with Crippen molar-refractivity contribution in [3.63, 3.8) is 0 Å². The minimum atomic E-state index is -0.481. The van der Waals surface area contributed by atoms with Gasteiger partial charge in [-0.3, -0.25) is 14.9 Å². The average molecular weight is 352 g/mol. The lowest BCUT2D eigenvalue weighted by molar-refractivity contribution is -0.384. The lowest BCUT2D eigenvalue weighted by Gasteiger charge is -2.07. The zero-order valence-electron chi connectivity index (χ0n) is 14.2. The maximum Gasteiger partial charge on any atom is 0.269 e. The van der Waals surface area contributed by atoms with Crippen LogP contribution in [0, 0.1) is 24.0 Å². The van der Waals surface area contributed by atoms with E-state index in [0.29, 0.717) is 17.2 Å². The van der Waals surface area contributed by atoms with E-state index in [1.807, 2.05) is 19.9 Å². The van der Waals surface area contributed by atoms with E-state index in [-0.39, 0.29) is 18.0 Å². The molecular formula is C17H16N6O3. The first-order valence-corrected chi connectivity index (χ1v) is 7.81. The van der Waals surface area contributed by atoms with Crippen molar-refractivity contribution in [1.29, 1.82) is 0 Å². The minimum absolute atomic E-state index is 0.0144. The van der Waals surface area contributed by atoms with E-state index in [0.717, 1.165) is 11.4 Å². The van der Waals surface area contributed by atoms with Crippen molar-refractivity contribution in [2.24, 2.45) is 0 Å². The minimum Gasteiger partial charge on any atom is -0.310 e. The molecule has 0 aliphatic heterocycles. The van der Waals surface area contributed by atoms with Crippen LogP contribution in [-0.4, -0.2) is 30.6 Å². The molecule has 9 heteroatoms. The van der Waals surface area contributed by atoms with Crippen molar-refractivity contribution in [1.82, 2.24) is 19.7 Å². The monoisotopic (exact) mass is 352 g/mol. The summed E-state index contributed by atoms with van der Waals surface area (Å²) in [5, 5.41) is 17.7. The number of hydrogen-bond donors (Lipinski definition) is 1. The van der Waals surface area contributed by atoms with Gasteiger partial charge in [0.15, 0.2) is 5.82 Å². The molecule has 0 saturated carbocycles. The largest absolute Gasteiger partial charge is 0.310 e. The fourth-order valence-electron chi connectivity index (χ4n) is 2.50. The molecule has 2 heterocycles. The SMILES string of the molecule is Cc1cc(C)n(-c2cc(NC(=O)Cc3ccc([N+](=O)[O-])cc3)ncn2)n1. The van der Waals surface area contributed by atoms with Crippen molar-refractivity contribution in [3.8, 4) is 5.82 Å². The Morgan fingerprint density at radius 2 is 1.92 bits per heavy atom. The number of amides is 1. The average Bonchev–Trinajstić information content (AvgIpc) is 2.94. The van der Waals surface area contributed by atoms with Gasteiger partial charge in [0.1, 0.15) is 12.1 Å². The highest BCUT2D eigenvalue weighted by atomic mass is 16.6. The molecule has 0 spiro atoms. The highest BCUT2D eigenvalue weighted by molar-refractivity contribution is 5.91. The van der Waals surface area contributed by atoms with Crippen LogP contribution in [0.15, 0.2) is 42.7 Å². The number of carbonyl (C=O) groups is 1. The van der Waals surface area contributed by atoms with Crippen molar-refractivity contribution in [2.75, 3.05) is 5.32 Å². The van der Waals surface area contributed by atoms with Crippen LogP contribution in [0.5, 0.6) is 0 Å². The molecular weight excluding hydrogens is 336 g/mol. The Balaban J connectivity index is 1.70. The number of anilines is 1. The summed E-state index contributed by atoms with van der Waals surface area (Å²) < 4.78 is 1.67. The number of benzene rings is 1. The molecule has 3 aromatic rings. The number of carbonyl (C=O) groups excluding carboxylic acids is 1. The van der Waals surface area contributed by atoms with Crippen LogP contribution in [0.25, 0.3) is 5.82 Å². The summed E-state index contributed by atoms with van der Waals surface area (Å²) in [6.45, 7) is 3.80. The van der Waals surface area contributed by atoms with Crippen LogP contribution in [0.4, 0.5) is 11.5 Å². The third-order valence-electron chi connectivity index (χ3n) is 3.66. The topological polar surface area (TPSA) is 116 Å². The summed E-state index contributed by atoms with van der Waals surface area (Å²) in [4.78, 5) is 30.6. The van der Waals surface area contributed by atoms with E-state index in [9.17, 15) is 14.9 Å². The van der Waals surface area contributed by atoms with E-state index in [1.165, 1.54) is 18.5 Å².